The third-order valence-corrected chi connectivity index (χ3v) is 3.06. The summed E-state index contributed by atoms with van der Waals surface area (Å²) in [7, 11) is 0. The summed E-state index contributed by atoms with van der Waals surface area (Å²) >= 11 is 0. The highest BCUT2D eigenvalue weighted by Crippen LogP contribution is 2.30. The first-order chi connectivity index (χ1) is 9.24. The molecular formula is C17H18O2. The average molecular weight is 254 g/mol. The van der Waals surface area contributed by atoms with Gasteiger partial charge in [-0.2, -0.15) is 0 Å². The second kappa shape index (κ2) is 6.19. The van der Waals surface area contributed by atoms with Crippen molar-refractivity contribution in [1.82, 2.24) is 0 Å². The lowest BCUT2D eigenvalue weighted by Gasteiger charge is -2.12. The summed E-state index contributed by atoms with van der Waals surface area (Å²) in [6.45, 7) is 5.86. The Balaban J connectivity index is 2.38. The molecule has 0 saturated heterocycles. The Morgan fingerprint density at radius 2 is 2.05 bits per heavy atom. The molecule has 0 bridgehead atoms. The lowest BCUT2D eigenvalue weighted by atomic mass is 10.0. The van der Waals surface area contributed by atoms with Gasteiger partial charge >= 0.3 is 0 Å². The van der Waals surface area contributed by atoms with Crippen LogP contribution < -0.4 is 4.74 Å². The van der Waals surface area contributed by atoms with E-state index in [2.05, 4.69) is 6.58 Å². The van der Waals surface area contributed by atoms with Crippen LogP contribution >= 0.6 is 0 Å². The third kappa shape index (κ3) is 3.02. The highest BCUT2D eigenvalue weighted by atomic mass is 16.5. The highest BCUT2D eigenvalue weighted by molar-refractivity contribution is 6.03. The van der Waals surface area contributed by atoms with Crippen molar-refractivity contribution in [3.63, 3.8) is 0 Å². The van der Waals surface area contributed by atoms with E-state index in [1.54, 1.807) is 6.92 Å². The number of rotatable bonds is 6. The van der Waals surface area contributed by atoms with E-state index >= 15 is 0 Å². The van der Waals surface area contributed by atoms with Crippen molar-refractivity contribution >= 4 is 16.6 Å². The summed E-state index contributed by atoms with van der Waals surface area (Å²) in [6.07, 6.45) is 3.70. The van der Waals surface area contributed by atoms with E-state index in [1.807, 2.05) is 42.5 Å². The molecule has 0 aromatic heterocycles. The van der Waals surface area contributed by atoms with E-state index in [0.29, 0.717) is 17.9 Å². The molecule has 0 amide bonds. The number of hydrogen-bond acceptors (Lipinski definition) is 2. The number of Topliss-reactive ketones (excluding diaryl/α,β-unsaturated/α-hetero) is 1. The summed E-state index contributed by atoms with van der Waals surface area (Å²) in [5, 5.41) is 2.08. The monoisotopic (exact) mass is 254 g/mol. The zero-order chi connectivity index (χ0) is 13.7. The van der Waals surface area contributed by atoms with Crippen LogP contribution in [0.4, 0.5) is 0 Å². The van der Waals surface area contributed by atoms with Crippen molar-refractivity contribution in [2.75, 3.05) is 6.61 Å². The van der Waals surface area contributed by atoms with Crippen LogP contribution in [0, 0.1) is 0 Å². The van der Waals surface area contributed by atoms with Crippen LogP contribution in [0.2, 0.25) is 0 Å². The van der Waals surface area contributed by atoms with Gasteiger partial charge in [0.25, 0.3) is 0 Å². The lowest BCUT2D eigenvalue weighted by Crippen LogP contribution is -2.03. The lowest BCUT2D eigenvalue weighted by molar-refractivity contribution is 0.101. The fourth-order valence-corrected chi connectivity index (χ4v) is 2.08. The Morgan fingerprint density at radius 3 is 2.79 bits per heavy atom. The Labute approximate surface area is 113 Å². The molecule has 0 heterocycles. The molecule has 0 spiro atoms. The molecule has 0 aliphatic carbocycles. The van der Waals surface area contributed by atoms with E-state index in [4.69, 9.17) is 4.74 Å². The largest absolute Gasteiger partial charge is 0.492 e. The van der Waals surface area contributed by atoms with Crippen molar-refractivity contribution in [3.8, 4) is 5.75 Å². The quantitative estimate of drug-likeness (QED) is 0.434. The maximum atomic E-state index is 11.7. The number of hydrogen-bond donors (Lipinski definition) is 0. The van der Waals surface area contributed by atoms with Gasteiger partial charge in [-0.25, -0.2) is 0 Å². The molecule has 0 aliphatic heterocycles. The summed E-state index contributed by atoms with van der Waals surface area (Å²) in [6, 6.07) is 11.8. The average Bonchev–Trinajstić information content (AvgIpc) is 2.43. The molecule has 19 heavy (non-hydrogen) atoms. The molecule has 2 aromatic carbocycles. The zero-order valence-electron chi connectivity index (χ0n) is 11.2. The molecule has 0 N–H and O–H groups in total. The minimum Gasteiger partial charge on any atom is -0.492 e. The molecule has 2 rings (SSSR count). The van der Waals surface area contributed by atoms with E-state index < -0.39 is 0 Å². The fourth-order valence-electron chi connectivity index (χ4n) is 2.08. The highest BCUT2D eigenvalue weighted by Gasteiger charge is 2.12. The van der Waals surface area contributed by atoms with E-state index in [1.165, 1.54) is 0 Å². The van der Waals surface area contributed by atoms with Gasteiger partial charge in [-0.15, -0.1) is 6.58 Å². The number of carbonyl (C=O) groups is 1. The number of ether oxygens (including phenoxy) is 1. The summed E-state index contributed by atoms with van der Waals surface area (Å²) in [5.41, 5.74) is 0.650. The van der Waals surface area contributed by atoms with Gasteiger partial charge in [0.1, 0.15) is 5.75 Å². The molecule has 0 radical (unpaired) electrons. The predicted octanol–water partition coefficient (Wildman–Crippen LogP) is 4.39. The second-order valence-electron chi connectivity index (χ2n) is 4.50. The first kappa shape index (κ1) is 13.3. The van der Waals surface area contributed by atoms with Crippen molar-refractivity contribution in [1.29, 1.82) is 0 Å². The number of fused-ring (bicyclic) bond motifs is 1. The molecule has 0 atom stereocenters. The van der Waals surface area contributed by atoms with Gasteiger partial charge < -0.3 is 4.74 Å². The predicted molar refractivity (Wildman–Crippen MR) is 78.9 cm³/mol. The Kier molecular flexibility index (Phi) is 4.35. The number of carbonyl (C=O) groups excluding carboxylic acids is 1. The first-order valence-corrected chi connectivity index (χ1v) is 6.50. The number of benzene rings is 2. The van der Waals surface area contributed by atoms with Gasteiger partial charge in [-0.05, 0) is 31.2 Å². The van der Waals surface area contributed by atoms with Gasteiger partial charge in [-0.1, -0.05) is 36.4 Å². The van der Waals surface area contributed by atoms with Crippen LogP contribution in [-0.2, 0) is 0 Å². The molecule has 0 saturated carbocycles. The zero-order valence-corrected chi connectivity index (χ0v) is 11.2. The van der Waals surface area contributed by atoms with E-state index in [0.717, 1.165) is 23.6 Å². The van der Waals surface area contributed by atoms with Gasteiger partial charge in [0.05, 0.1) is 12.2 Å². The fraction of sp³-hybridized carbons (Fsp3) is 0.235. The molecule has 0 unspecified atom stereocenters. The normalized spacial score (nSPS) is 10.4. The van der Waals surface area contributed by atoms with Crippen molar-refractivity contribution in [2.45, 2.75) is 19.8 Å². The van der Waals surface area contributed by atoms with Gasteiger partial charge in [0, 0.05) is 5.39 Å². The van der Waals surface area contributed by atoms with Crippen molar-refractivity contribution < 1.29 is 9.53 Å². The summed E-state index contributed by atoms with van der Waals surface area (Å²) in [4.78, 5) is 11.7. The van der Waals surface area contributed by atoms with Crippen molar-refractivity contribution in [2.24, 2.45) is 0 Å². The van der Waals surface area contributed by atoms with Crippen LogP contribution in [0.5, 0.6) is 5.75 Å². The minimum absolute atomic E-state index is 0.0319. The van der Waals surface area contributed by atoms with Crippen LogP contribution in [0.15, 0.2) is 49.1 Å². The maximum absolute atomic E-state index is 11.7. The summed E-state index contributed by atoms with van der Waals surface area (Å²) in [5.74, 6) is 0.735. The standard InChI is InChI=1S/C17H18O2/c1-3-4-7-12-19-17-15(13(2)18)11-10-14-8-5-6-9-16(14)17/h3,5-6,8-11H,1,4,7,12H2,2H3. The van der Waals surface area contributed by atoms with Crippen LogP contribution in [0.25, 0.3) is 10.8 Å². The maximum Gasteiger partial charge on any atom is 0.163 e. The Morgan fingerprint density at radius 1 is 1.26 bits per heavy atom. The van der Waals surface area contributed by atoms with Gasteiger partial charge in [0.2, 0.25) is 0 Å². The van der Waals surface area contributed by atoms with Crippen LogP contribution in [0.1, 0.15) is 30.1 Å². The number of allylic oxidation sites excluding steroid dienone is 1. The molecule has 2 nitrogen and oxygen atoms in total. The van der Waals surface area contributed by atoms with E-state index in [-0.39, 0.29) is 5.78 Å². The van der Waals surface area contributed by atoms with Crippen LogP contribution in [-0.4, -0.2) is 12.4 Å². The molecule has 0 aliphatic rings. The second-order valence-corrected chi connectivity index (χ2v) is 4.50. The Bertz CT molecular complexity index is 599. The minimum atomic E-state index is 0.0319. The molecule has 98 valence electrons. The molecule has 0 fully saturated rings. The number of unbranched alkanes of at least 4 members (excludes halogenated alkanes) is 1. The molecular weight excluding hydrogens is 236 g/mol. The van der Waals surface area contributed by atoms with Crippen molar-refractivity contribution in [3.05, 3.63) is 54.6 Å². The SMILES string of the molecule is C=CCCCOc1c(C(C)=O)ccc2ccccc12. The topological polar surface area (TPSA) is 26.3 Å². The first-order valence-electron chi connectivity index (χ1n) is 6.50. The van der Waals surface area contributed by atoms with Gasteiger partial charge in [-0.3, -0.25) is 4.79 Å². The van der Waals surface area contributed by atoms with Crippen LogP contribution in [0.3, 0.4) is 0 Å². The van der Waals surface area contributed by atoms with Gasteiger partial charge in [0.15, 0.2) is 5.78 Å². The summed E-state index contributed by atoms with van der Waals surface area (Å²) < 4.78 is 5.85. The smallest absolute Gasteiger partial charge is 0.163 e. The number of ketones is 1. The Hall–Kier alpha value is -2.09. The third-order valence-electron chi connectivity index (χ3n) is 3.06. The molecule has 2 heteroatoms. The van der Waals surface area contributed by atoms with E-state index in [9.17, 15) is 4.79 Å². The molecule has 2 aromatic rings.